The van der Waals surface area contributed by atoms with E-state index in [2.05, 4.69) is 26.6 Å². The van der Waals surface area contributed by atoms with Crippen molar-refractivity contribution in [3.05, 3.63) is 22.6 Å². The molecular formula is C12H17BrN2O2. The molecule has 1 aliphatic carbocycles. The first-order valence-corrected chi connectivity index (χ1v) is 6.72. The molecule has 1 atom stereocenters. The zero-order chi connectivity index (χ0) is 12.3. The van der Waals surface area contributed by atoms with Crippen molar-refractivity contribution in [1.29, 1.82) is 0 Å². The molecule has 1 aliphatic rings. The average Bonchev–Trinajstić information content (AvgIpc) is 3.07. The van der Waals surface area contributed by atoms with Gasteiger partial charge >= 0.3 is 0 Å². The molecule has 0 saturated heterocycles. The van der Waals surface area contributed by atoms with E-state index in [0.717, 1.165) is 29.8 Å². The Labute approximate surface area is 109 Å². The molecule has 4 nitrogen and oxygen atoms in total. The fourth-order valence-corrected chi connectivity index (χ4v) is 1.94. The highest BCUT2D eigenvalue weighted by Crippen LogP contribution is 2.28. The maximum absolute atomic E-state index is 11.4. The zero-order valence-corrected chi connectivity index (χ0v) is 11.4. The van der Waals surface area contributed by atoms with Crippen LogP contribution in [0.2, 0.25) is 0 Å². The Bertz CT molecular complexity index is 388. The molecule has 17 heavy (non-hydrogen) atoms. The van der Waals surface area contributed by atoms with Crippen molar-refractivity contribution in [2.24, 2.45) is 5.92 Å². The summed E-state index contributed by atoms with van der Waals surface area (Å²) in [6.07, 6.45) is 2.10. The monoisotopic (exact) mass is 300 g/mol. The van der Waals surface area contributed by atoms with Crippen molar-refractivity contribution in [3.63, 3.8) is 0 Å². The Balaban J connectivity index is 1.62. The van der Waals surface area contributed by atoms with Gasteiger partial charge in [-0.15, -0.1) is 0 Å². The average molecular weight is 301 g/mol. The zero-order valence-electron chi connectivity index (χ0n) is 9.83. The molecule has 94 valence electrons. The van der Waals surface area contributed by atoms with Crippen molar-refractivity contribution in [1.82, 2.24) is 10.6 Å². The fraction of sp³-hybridized carbons (Fsp3) is 0.583. The highest BCUT2D eigenvalue weighted by molar-refractivity contribution is 9.10. The van der Waals surface area contributed by atoms with Gasteiger partial charge in [-0.2, -0.15) is 0 Å². The summed E-state index contributed by atoms with van der Waals surface area (Å²) < 4.78 is 6.18. The third-order valence-electron chi connectivity index (χ3n) is 2.84. The lowest BCUT2D eigenvalue weighted by atomic mass is 10.2. The van der Waals surface area contributed by atoms with Gasteiger partial charge in [-0.25, -0.2) is 0 Å². The van der Waals surface area contributed by atoms with E-state index in [1.807, 2.05) is 19.1 Å². The van der Waals surface area contributed by atoms with Gasteiger partial charge in [-0.1, -0.05) is 0 Å². The minimum absolute atomic E-state index is 0.152. The van der Waals surface area contributed by atoms with Crippen LogP contribution in [0.1, 0.15) is 31.6 Å². The van der Waals surface area contributed by atoms with Gasteiger partial charge in [0.2, 0.25) is 5.91 Å². The lowest BCUT2D eigenvalue weighted by molar-refractivity contribution is -0.122. The number of carbonyl (C=O) groups excluding carboxylic acids is 1. The molecule has 1 saturated carbocycles. The van der Waals surface area contributed by atoms with Crippen LogP contribution < -0.4 is 10.6 Å². The van der Waals surface area contributed by atoms with Crippen LogP contribution in [0.4, 0.5) is 0 Å². The van der Waals surface area contributed by atoms with Crippen LogP contribution in [0.5, 0.6) is 0 Å². The van der Waals surface area contributed by atoms with Crippen LogP contribution in [-0.2, 0) is 4.79 Å². The second kappa shape index (κ2) is 5.69. The van der Waals surface area contributed by atoms with Crippen molar-refractivity contribution in [2.45, 2.75) is 25.8 Å². The van der Waals surface area contributed by atoms with E-state index >= 15 is 0 Å². The summed E-state index contributed by atoms with van der Waals surface area (Å²) in [5, 5.41) is 6.21. The maximum atomic E-state index is 11.4. The van der Waals surface area contributed by atoms with E-state index in [0.29, 0.717) is 6.54 Å². The number of amides is 1. The van der Waals surface area contributed by atoms with E-state index in [-0.39, 0.29) is 17.9 Å². The summed E-state index contributed by atoms with van der Waals surface area (Å²) in [6.45, 7) is 3.45. The van der Waals surface area contributed by atoms with Gasteiger partial charge in [-0.3, -0.25) is 4.79 Å². The first-order valence-electron chi connectivity index (χ1n) is 5.93. The lowest BCUT2D eigenvalue weighted by Crippen LogP contribution is -2.33. The fourth-order valence-electron chi connectivity index (χ4n) is 1.63. The van der Waals surface area contributed by atoms with Crippen molar-refractivity contribution >= 4 is 21.8 Å². The van der Waals surface area contributed by atoms with Gasteiger partial charge in [-0.05, 0) is 47.8 Å². The molecule has 5 heteroatoms. The Morgan fingerprint density at radius 1 is 1.53 bits per heavy atom. The summed E-state index contributed by atoms with van der Waals surface area (Å²) in [5.41, 5.74) is 0. The molecule has 0 aliphatic heterocycles. The number of rotatable bonds is 6. The summed E-state index contributed by atoms with van der Waals surface area (Å²) in [7, 11) is 0. The van der Waals surface area contributed by atoms with Crippen LogP contribution in [0.15, 0.2) is 21.2 Å². The normalized spacial score (nSPS) is 16.8. The van der Waals surface area contributed by atoms with E-state index in [1.54, 1.807) is 0 Å². The molecule has 1 aromatic heterocycles. The topological polar surface area (TPSA) is 54.3 Å². The molecule has 1 aromatic rings. The van der Waals surface area contributed by atoms with E-state index in [4.69, 9.17) is 4.42 Å². The third-order valence-corrected chi connectivity index (χ3v) is 3.27. The summed E-state index contributed by atoms with van der Waals surface area (Å²) in [4.78, 5) is 11.4. The quantitative estimate of drug-likeness (QED) is 0.792. The number of nitrogens with one attached hydrogen (secondary N) is 2. The molecule has 1 fully saturated rings. The van der Waals surface area contributed by atoms with Crippen LogP contribution in [0.3, 0.4) is 0 Å². The maximum Gasteiger partial charge on any atom is 0.223 e. The van der Waals surface area contributed by atoms with Crippen molar-refractivity contribution in [3.8, 4) is 0 Å². The van der Waals surface area contributed by atoms with Gasteiger partial charge in [0, 0.05) is 19.0 Å². The first kappa shape index (κ1) is 12.6. The number of furan rings is 1. The summed E-state index contributed by atoms with van der Waals surface area (Å²) >= 11 is 3.27. The molecule has 0 bridgehead atoms. The SMILES string of the molecule is CC(NCCNC(=O)C1CC1)c1ccc(Br)o1. The van der Waals surface area contributed by atoms with Crippen LogP contribution >= 0.6 is 15.9 Å². The minimum Gasteiger partial charge on any atom is -0.453 e. The first-order chi connectivity index (χ1) is 8.16. The van der Waals surface area contributed by atoms with Gasteiger partial charge in [0.1, 0.15) is 5.76 Å². The van der Waals surface area contributed by atoms with Crippen LogP contribution in [0.25, 0.3) is 0 Å². The van der Waals surface area contributed by atoms with E-state index in [1.165, 1.54) is 0 Å². The van der Waals surface area contributed by atoms with Gasteiger partial charge in [0.05, 0.1) is 6.04 Å². The largest absolute Gasteiger partial charge is 0.453 e. The molecule has 0 aromatic carbocycles. The second-order valence-electron chi connectivity index (χ2n) is 4.38. The Morgan fingerprint density at radius 3 is 2.88 bits per heavy atom. The number of halogens is 1. The number of carbonyl (C=O) groups is 1. The Morgan fingerprint density at radius 2 is 2.29 bits per heavy atom. The van der Waals surface area contributed by atoms with Crippen molar-refractivity contribution in [2.75, 3.05) is 13.1 Å². The molecule has 1 unspecified atom stereocenters. The minimum atomic E-state index is 0.152. The van der Waals surface area contributed by atoms with Gasteiger partial charge < -0.3 is 15.1 Å². The molecule has 2 N–H and O–H groups in total. The Hall–Kier alpha value is -0.810. The molecule has 0 radical (unpaired) electrons. The highest BCUT2D eigenvalue weighted by Gasteiger charge is 2.28. The smallest absolute Gasteiger partial charge is 0.223 e. The standard InChI is InChI=1S/C12H17BrN2O2/c1-8(10-4-5-11(13)17-10)14-6-7-15-12(16)9-2-3-9/h4-5,8-9,14H,2-3,6-7H2,1H3,(H,15,16). The molecule has 2 rings (SSSR count). The molecule has 0 spiro atoms. The number of hydrogen-bond acceptors (Lipinski definition) is 3. The van der Waals surface area contributed by atoms with Crippen LogP contribution in [0, 0.1) is 5.92 Å². The van der Waals surface area contributed by atoms with Gasteiger partial charge in [0.25, 0.3) is 0 Å². The predicted molar refractivity (Wildman–Crippen MR) is 68.6 cm³/mol. The van der Waals surface area contributed by atoms with Crippen LogP contribution in [-0.4, -0.2) is 19.0 Å². The highest BCUT2D eigenvalue weighted by atomic mass is 79.9. The van der Waals surface area contributed by atoms with E-state index in [9.17, 15) is 4.79 Å². The lowest BCUT2D eigenvalue weighted by Gasteiger charge is -2.11. The summed E-state index contributed by atoms with van der Waals surface area (Å²) in [5.74, 6) is 1.37. The van der Waals surface area contributed by atoms with Gasteiger partial charge in [0.15, 0.2) is 4.67 Å². The predicted octanol–water partition coefficient (Wildman–Crippen LogP) is 2.22. The van der Waals surface area contributed by atoms with Crippen molar-refractivity contribution < 1.29 is 9.21 Å². The summed E-state index contributed by atoms with van der Waals surface area (Å²) in [6, 6.07) is 3.96. The molecule has 1 amide bonds. The second-order valence-corrected chi connectivity index (χ2v) is 5.16. The third kappa shape index (κ3) is 3.85. The Kier molecular flexibility index (Phi) is 4.23. The number of hydrogen-bond donors (Lipinski definition) is 2. The molecule has 1 heterocycles. The van der Waals surface area contributed by atoms with E-state index < -0.39 is 0 Å². The molecular weight excluding hydrogens is 284 g/mol.